The summed E-state index contributed by atoms with van der Waals surface area (Å²) in [5, 5.41) is 10.2. The summed E-state index contributed by atoms with van der Waals surface area (Å²) in [6.45, 7) is 2.01. The third-order valence-corrected chi connectivity index (χ3v) is 3.01. The maximum absolute atomic E-state index is 13.5. The normalized spacial score (nSPS) is 29.6. The SMILES string of the molecule is CCC1CC(O)(c2ccc(F)cc2F)CO1. The third-order valence-electron chi connectivity index (χ3n) is 3.01. The molecule has 0 spiro atoms. The van der Waals surface area contributed by atoms with E-state index in [2.05, 4.69) is 0 Å². The zero-order chi connectivity index (χ0) is 11.8. The molecule has 2 rings (SSSR count). The van der Waals surface area contributed by atoms with E-state index in [1.807, 2.05) is 6.92 Å². The van der Waals surface area contributed by atoms with E-state index >= 15 is 0 Å². The van der Waals surface area contributed by atoms with Crippen molar-refractivity contribution in [1.82, 2.24) is 0 Å². The van der Waals surface area contributed by atoms with Gasteiger partial charge in [-0.3, -0.25) is 0 Å². The van der Waals surface area contributed by atoms with Gasteiger partial charge in [0.25, 0.3) is 0 Å². The molecule has 4 heteroatoms. The van der Waals surface area contributed by atoms with E-state index in [0.717, 1.165) is 18.6 Å². The largest absolute Gasteiger partial charge is 0.383 e. The maximum Gasteiger partial charge on any atom is 0.132 e. The third kappa shape index (κ3) is 1.95. The molecule has 2 atom stereocenters. The van der Waals surface area contributed by atoms with E-state index in [1.165, 1.54) is 6.07 Å². The van der Waals surface area contributed by atoms with Gasteiger partial charge in [0.05, 0.1) is 12.7 Å². The van der Waals surface area contributed by atoms with Gasteiger partial charge in [0.1, 0.15) is 17.2 Å². The summed E-state index contributed by atoms with van der Waals surface area (Å²) < 4.78 is 31.6. The number of rotatable bonds is 2. The number of hydrogen-bond donors (Lipinski definition) is 1. The Kier molecular flexibility index (Phi) is 2.95. The van der Waals surface area contributed by atoms with Crippen molar-refractivity contribution in [3.63, 3.8) is 0 Å². The highest BCUT2D eigenvalue weighted by Gasteiger charge is 2.40. The Labute approximate surface area is 92.9 Å². The van der Waals surface area contributed by atoms with Gasteiger partial charge in [-0.05, 0) is 12.5 Å². The number of benzene rings is 1. The molecule has 0 amide bonds. The molecule has 16 heavy (non-hydrogen) atoms. The topological polar surface area (TPSA) is 29.5 Å². The molecule has 1 aliphatic heterocycles. The van der Waals surface area contributed by atoms with Crippen LogP contribution in [0.5, 0.6) is 0 Å². The van der Waals surface area contributed by atoms with Crippen molar-refractivity contribution in [3.05, 3.63) is 35.4 Å². The second-order valence-corrected chi connectivity index (χ2v) is 4.20. The molecule has 2 nitrogen and oxygen atoms in total. The number of halogens is 2. The van der Waals surface area contributed by atoms with Gasteiger partial charge in [-0.1, -0.05) is 13.0 Å². The van der Waals surface area contributed by atoms with Crippen LogP contribution in [-0.4, -0.2) is 17.8 Å². The Morgan fingerprint density at radius 3 is 2.81 bits per heavy atom. The summed E-state index contributed by atoms with van der Waals surface area (Å²) in [5.41, 5.74) is -1.21. The molecule has 1 aromatic carbocycles. The molecule has 0 bridgehead atoms. The van der Waals surface area contributed by atoms with Crippen LogP contribution in [0.3, 0.4) is 0 Å². The van der Waals surface area contributed by atoms with Gasteiger partial charge < -0.3 is 9.84 Å². The first-order valence-corrected chi connectivity index (χ1v) is 5.34. The van der Waals surface area contributed by atoms with Crippen LogP contribution in [0, 0.1) is 11.6 Å². The zero-order valence-corrected chi connectivity index (χ0v) is 9.04. The van der Waals surface area contributed by atoms with E-state index in [4.69, 9.17) is 4.74 Å². The summed E-state index contributed by atoms with van der Waals surface area (Å²) in [4.78, 5) is 0. The average Bonchev–Trinajstić information content (AvgIpc) is 2.61. The highest BCUT2D eigenvalue weighted by molar-refractivity contribution is 5.26. The van der Waals surface area contributed by atoms with Gasteiger partial charge in [0.2, 0.25) is 0 Å². The standard InChI is InChI=1S/C12H14F2O2/c1-2-9-6-12(15,7-16-9)10-4-3-8(13)5-11(10)14/h3-5,9,15H,2,6-7H2,1H3. The minimum absolute atomic E-state index is 0.0607. The molecule has 0 aliphatic carbocycles. The molecule has 2 unspecified atom stereocenters. The lowest BCUT2D eigenvalue weighted by Crippen LogP contribution is -2.27. The Morgan fingerprint density at radius 1 is 1.50 bits per heavy atom. The molecular weight excluding hydrogens is 214 g/mol. The summed E-state index contributed by atoms with van der Waals surface area (Å²) in [6, 6.07) is 3.22. The van der Waals surface area contributed by atoms with E-state index < -0.39 is 17.2 Å². The van der Waals surface area contributed by atoms with E-state index in [9.17, 15) is 13.9 Å². The highest BCUT2D eigenvalue weighted by atomic mass is 19.1. The van der Waals surface area contributed by atoms with Crippen molar-refractivity contribution < 1.29 is 18.6 Å². The second kappa shape index (κ2) is 4.11. The van der Waals surface area contributed by atoms with Crippen molar-refractivity contribution in [1.29, 1.82) is 0 Å². The van der Waals surface area contributed by atoms with Crippen LogP contribution in [0.25, 0.3) is 0 Å². The van der Waals surface area contributed by atoms with Crippen LogP contribution in [0.4, 0.5) is 8.78 Å². The van der Waals surface area contributed by atoms with E-state index in [0.29, 0.717) is 6.42 Å². The Morgan fingerprint density at radius 2 is 2.25 bits per heavy atom. The van der Waals surface area contributed by atoms with Crippen molar-refractivity contribution in [2.24, 2.45) is 0 Å². The number of hydrogen-bond acceptors (Lipinski definition) is 2. The fourth-order valence-electron chi connectivity index (χ4n) is 2.07. The number of ether oxygens (including phenoxy) is 1. The Balaban J connectivity index is 2.30. The quantitative estimate of drug-likeness (QED) is 0.842. The lowest BCUT2D eigenvalue weighted by atomic mass is 9.90. The van der Waals surface area contributed by atoms with E-state index in [-0.39, 0.29) is 18.3 Å². The summed E-state index contributed by atoms with van der Waals surface area (Å²) in [7, 11) is 0. The van der Waals surface area contributed by atoms with Gasteiger partial charge in [-0.25, -0.2) is 8.78 Å². The van der Waals surface area contributed by atoms with Gasteiger partial charge >= 0.3 is 0 Å². The first-order valence-electron chi connectivity index (χ1n) is 5.34. The van der Waals surface area contributed by atoms with Crippen molar-refractivity contribution >= 4 is 0 Å². The maximum atomic E-state index is 13.5. The number of aliphatic hydroxyl groups is 1. The van der Waals surface area contributed by atoms with E-state index in [1.54, 1.807) is 0 Å². The monoisotopic (exact) mass is 228 g/mol. The fraction of sp³-hybridized carbons (Fsp3) is 0.500. The molecule has 1 saturated heterocycles. The fourth-order valence-corrected chi connectivity index (χ4v) is 2.07. The van der Waals surface area contributed by atoms with Crippen molar-refractivity contribution in [3.8, 4) is 0 Å². The van der Waals surface area contributed by atoms with Gasteiger partial charge in [-0.15, -0.1) is 0 Å². The lowest BCUT2D eigenvalue weighted by molar-refractivity contribution is 0.0153. The zero-order valence-electron chi connectivity index (χ0n) is 9.04. The minimum Gasteiger partial charge on any atom is -0.383 e. The van der Waals surface area contributed by atoms with Crippen LogP contribution in [0.15, 0.2) is 18.2 Å². The van der Waals surface area contributed by atoms with Crippen molar-refractivity contribution in [2.75, 3.05) is 6.61 Å². The molecule has 1 aliphatic rings. The highest BCUT2D eigenvalue weighted by Crippen LogP contribution is 2.36. The predicted octanol–water partition coefficient (Wildman–Crippen LogP) is 2.35. The van der Waals surface area contributed by atoms with Crippen LogP contribution in [0.2, 0.25) is 0 Å². The molecule has 88 valence electrons. The Hall–Kier alpha value is -1.00. The summed E-state index contributed by atoms with van der Waals surface area (Å²) in [6.07, 6.45) is 1.06. The smallest absolute Gasteiger partial charge is 0.132 e. The molecule has 0 aromatic heterocycles. The van der Waals surface area contributed by atoms with Crippen LogP contribution >= 0.6 is 0 Å². The lowest BCUT2D eigenvalue weighted by Gasteiger charge is -2.21. The van der Waals surface area contributed by atoms with Gasteiger partial charge in [-0.2, -0.15) is 0 Å². The minimum atomic E-state index is -1.32. The molecule has 1 heterocycles. The van der Waals surface area contributed by atoms with Crippen LogP contribution in [0.1, 0.15) is 25.3 Å². The molecule has 1 N–H and O–H groups in total. The van der Waals surface area contributed by atoms with Crippen molar-refractivity contribution in [2.45, 2.75) is 31.5 Å². The van der Waals surface area contributed by atoms with Gasteiger partial charge in [0, 0.05) is 18.1 Å². The average molecular weight is 228 g/mol. The van der Waals surface area contributed by atoms with Crippen LogP contribution in [-0.2, 0) is 10.3 Å². The van der Waals surface area contributed by atoms with Gasteiger partial charge in [0.15, 0.2) is 0 Å². The summed E-state index contributed by atoms with van der Waals surface area (Å²) >= 11 is 0. The second-order valence-electron chi connectivity index (χ2n) is 4.20. The molecular formula is C12H14F2O2. The summed E-state index contributed by atoms with van der Waals surface area (Å²) in [5.74, 6) is -1.36. The molecule has 1 aromatic rings. The molecule has 0 saturated carbocycles. The molecule has 0 radical (unpaired) electrons. The first-order chi connectivity index (χ1) is 7.55. The van der Waals surface area contributed by atoms with Crippen LogP contribution < -0.4 is 0 Å². The first kappa shape index (κ1) is 11.5. The molecule has 1 fully saturated rings. The Bertz CT molecular complexity index is 395. The predicted molar refractivity (Wildman–Crippen MR) is 54.9 cm³/mol.